The van der Waals surface area contributed by atoms with E-state index in [1.165, 1.54) is 24.8 Å². The molecule has 3 heterocycles. The Morgan fingerprint density at radius 3 is 2.52 bits per heavy atom. The van der Waals surface area contributed by atoms with E-state index in [1.54, 1.807) is 6.33 Å². The first kappa shape index (κ1) is 15.7. The van der Waals surface area contributed by atoms with E-state index in [2.05, 4.69) is 44.2 Å². The molecule has 3 aromatic rings. The molecule has 4 rings (SSSR count). The van der Waals surface area contributed by atoms with Gasteiger partial charge in [-0.15, -0.1) is 12.4 Å². The van der Waals surface area contributed by atoms with Gasteiger partial charge in [0.25, 0.3) is 0 Å². The van der Waals surface area contributed by atoms with Crippen molar-refractivity contribution in [1.29, 1.82) is 0 Å². The van der Waals surface area contributed by atoms with Gasteiger partial charge in [-0.1, -0.05) is 30.3 Å². The zero-order valence-electron chi connectivity index (χ0n) is 12.9. The SMILES string of the molecule is Cl.c1ccc(Cn2ncc3c(N4CCCCC4)ncnc32)cc1. The molecule has 1 aliphatic heterocycles. The van der Waals surface area contributed by atoms with Crippen molar-refractivity contribution in [3.05, 3.63) is 48.4 Å². The number of halogens is 1. The quantitative estimate of drug-likeness (QED) is 0.739. The van der Waals surface area contributed by atoms with Crippen LogP contribution in [0.3, 0.4) is 0 Å². The van der Waals surface area contributed by atoms with Gasteiger partial charge < -0.3 is 4.90 Å². The van der Waals surface area contributed by atoms with Crippen molar-refractivity contribution >= 4 is 29.3 Å². The second-order valence-electron chi connectivity index (χ2n) is 5.77. The molecule has 0 N–H and O–H groups in total. The standard InChI is InChI=1S/C17H19N5.ClH/c1-3-7-14(8-4-1)12-22-17-15(11-20-22)16(18-13-19-17)21-9-5-2-6-10-21;/h1,3-4,7-8,11,13H,2,5-6,9-10,12H2;1H. The summed E-state index contributed by atoms with van der Waals surface area (Å²) < 4.78 is 1.96. The Bertz CT molecular complexity index is 765. The first-order valence-electron chi connectivity index (χ1n) is 7.87. The van der Waals surface area contributed by atoms with E-state index < -0.39 is 0 Å². The van der Waals surface area contributed by atoms with Gasteiger partial charge in [0.1, 0.15) is 12.1 Å². The second kappa shape index (κ2) is 6.96. The summed E-state index contributed by atoms with van der Waals surface area (Å²) in [4.78, 5) is 11.3. The van der Waals surface area contributed by atoms with Crippen LogP contribution in [0.2, 0.25) is 0 Å². The molecule has 1 saturated heterocycles. The lowest BCUT2D eigenvalue weighted by atomic mass is 10.1. The molecule has 5 nitrogen and oxygen atoms in total. The molecule has 1 fully saturated rings. The van der Waals surface area contributed by atoms with Gasteiger partial charge in [0.05, 0.1) is 18.1 Å². The van der Waals surface area contributed by atoms with Crippen molar-refractivity contribution in [2.24, 2.45) is 0 Å². The summed E-state index contributed by atoms with van der Waals surface area (Å²) in [6.45, 7) is 2.90. The largest absolute Gasteiger partial charge is 0.356 e. The van der Waals surface area contributed by atoms with Crippen LogP contribution in [0, 0.1) is 0 Å². The van der Waals surface area contributed by atoms with Crippen LogP contribution in [0.25, 0.3) is 11.0 Å². The van der Waals surface area contributed by atoms with Crippen molar-refractivity contribution < 1.29 is 0 Å². The Morgan fingerprint density at radius 2 is 1.74 bits per heavy atom. The monoisotopic (exact) mass is 329 g/mol. The molecule has 23 heavy (non-hydrogen) atoms. The van der Waals surface area contributed by atoms with Crippen LogP contribution in [0.5, 0.6) is 0 Å². The number of fused-ring (bicyclic) bond motifs is 1. The van der Waals surface area contributed by atoms with E-state index in [-0.39, 0.29) is 12.4 Å². The zero-order chi connectivity index (χ0) is 14.8. The van der Waals surface area contributed by atoms with Crippen molar-refractivity contribution in [3.8, 4) is 0 Å². The van der Waals surface area contributed by atoms with Crippen molar-refractivity contribution in [2.75, 3.05) is 18.0 Å². The van der Waals surface area contributed by atoms with Crippen LogP contribution in [-0.2, 0) is 6.54 Å². The van der Waals surface area contributed by atoms with Crippen LogP contribution in [0.15, 0.2) is 42.9 Å². The molecule has 1 aromatic carbocycles. The number of hydrogen-bond acceptors (Lipinski definition) is 4. The third kappa shape index (κ3) is 3.15. The summed E-state index contributed by atoms with van der Waals surface area (Å²) in [6, 6.07) is 10.4. The van der Waals surface area contributed by atoms with E-state index in [1.807, 2.05) is 16.9 Å². The molecule has 0 spiro atoms. The van der Waals surface area contributed by atoms with E-state index >= 15 is 0 Å². The number of nitrogens with zero attached hydrogens (tertiary/aromatic N) is 5. The molecule has 0 atom stereocenters. The maximum atomic E-state index is 4.53. The molecule has 0 aliphatic carbocycles. The fourth-order valence-electron chi connectivity index (χ4n) is 3.11. The van der Waals surface area contributed by atoms with Crippen molar-refractivity contribution in [3.63, 3.8) is 0 Å². The topological polar surface area (TPSA) is 46.8 Å². The smallest absolute Gasteiger partial charge is 0.163 e. The van der Waals surface area contributed by atoms with Gasteiger partial charge in [0.2, 0.25) is 0 Å². The highest BCUT2D eigenvalue weighted by Crippen LogP contribution is 2.25. The summed E-state index contributed by atoms with van der Waals surface area (Å²) in [6.07, 6.45) is 7.36. The summed E-state index contributed by atoms with van der Waals surface area (Å²) in [5, 5.41) is 5.59. The molecule has 6 heteroatoms. The third-order valence-corrected chi connectivity index (χ3v) is 4.24. The summed E-state index contributed by atoms with van der Waals surface area (Å²) in [7, 11) is 0. The summed E-state index contributed by atoms with van der Waals surface area (Å²) in [5.74, 6) is 1.03. The Morgan fingerprint density at radius 1 is 0.957 bits per heavy atom. The lowest BCUT2D eigenvalue weighted by Gasteiger charge is -2.27. The van der Waals surface area contributed by atoms with E-state index in [0.717, 1.165) is 36.5 Å². The molecule has 2 aromatic heterocycles. The minimum absolute atomic E-state index is 0. The Hall–Kier alpha value is -2.14. The minimum Gasteiger partial charge on any atom is -0.356 e. The Balaban J connectivity index is 0.00000156. The number of rotatable bonds is 3. The van der Waals surface area contributed by atoms with Gasteiger partial charge in [-0.3, -0.25) is 0 Å². The van der Waals surface area contributed by atoms with Gasteiger partial charge in [0, 0.05) is 13.1 Å². The molecule has 120 valence electrons. The zero-order valence-corrected chi connectivity index (χ0v) is 13.7. The number of hydrogen-bond donors (Lipinski definition) is 0. The molecular formula is C17H20ClN5. The van der Waals surface area contributed by atoms with E-state index in [4.69, 9.17) is 0 Å². The Kier molecular flexibility index (Phi) is 4.76. The van der Waals surface area contributed by atoms with Crippen LogP contribution < -0.4 is 4.90 Å². The molecule has 0 amide bonds. The molecule has 0 radical (unpaired) electrons. The number of piperidine rings is 1. The normalized spacial score (nSPS) is 14.7. The second-order valence-corrected chi connectivity index (χ2v) is 5.77. The van der Waals surface area contributed by atoms with Crippen LogP contribution in [0.4, 0.5) is 5.82 Å². The van der Waals surface area contributed by atoms with Gasteiger partial charge in [0.15, 0.2) is 5.65 Å². The summed E-state index contributed by atoms with van der Waals surface area (Å²) in [5.41, 5.74) is 2.14. The highest BCUT2D eigenvalue weighted by atomic mass is 35.5. The van der Waals surface area contributed by atoms with Crippen LogP contribution in [-0.4, -0.2) is 32.8 Å². The first-order chi connectivity index (χ1) is 10.9. The molecule has 0 bridgehead atoms. The number of aromatic nitrogens is 4. The molecule has 0 unspecified atom stereocenters. The fraction of sp³-hybridized carbons (Fsp3) is 0.353. The molecule has 0 saturated carbocycles. The van der Waals surface area contributed by atoms with Gasteiger partial charge in [-0.25, -0.2) is 14.6 Å². The fourth-order valence-corrected chi connectivity index (χ4v) is 3.11. The predicted octanol–water partition coefficient (Wildman–Crippen LogP) is 3.29. The predicted molar refractivity (Wildman–Crippen MR) is 94.2 cm³/mol. The number of anilines is 1. The maximum absolute atomic E-state index is 4.53. The van der Waals surface area contributed by atoms with E-state index in [9.17, 15) is 0 Å². The molecular weight excluding hydrogens is 310 g/mol. The van der Waals surface area contributed by atoms with Gasteiger partial charge in [-0.2, -0.15) is 5.10 Å². The molecule has 1 aliphatic rings. The Labute approximate surface area is 141 Å². The van der Waals surface area contributed by atoms with Crippen LogP contribution >= 0.6 is 12.4 Å². The van der Waals surface area contributed by atoms with Gasteiger partial charge >= 0.3 is 0 Å². The average Bonchev–Trinajstić information content (AvgIpc) is 3.00. The number of benzene rings is 1. The minimum atomic E-state index is 0. The lowest BCUT2D eigenvalue weighted by molar-refractivity contribution is 0.574. The third-order valence-electron chi connectivity index (χ3n) is 4.24. The van der Waals surface area contributed by atoms with E-state index in [0.29, 0.717) is 0 Å². The highest BCUT2D eigenvalue weighted by molar-refractivity contribution is 5.86. The highest BCUT2D eigenvalue weighted by Gasteiger charge is 2.17. The first-order valence-corrected chi connectivity index (χ1v) is 7.87. The summed E-state index contributed by atoms with van der Waals surface area (Å²) >= 11 is 0. The lowest BCUT2D eigenvalue weighted by Crippen LogP contribution is -2.30. The van der Waals surface area contributed by atoms with Crippen molar-refractivity contribution in [1.82, 2.24) is 19.7 Å². The van der Waals surface area contributed by atoms with Crippen molar-refractivity contribution in [2.45, 2.75) is 25.8 Å². The van der Waals surface area contributed by atoms with Gasteiger partial charge in [-0.05, 0) is 24.8 Å². The van der Waals surface area contributed by atoms with Crippen LogP contribution in [0.1, 0.15) is 24.8 Å². The average molecular weight is 330 g/mol. The maximum Gasteiger partial charge on any atom is 0.163 e.